The number of aromatic nitrogens is 1. The van der Waals surface area contributed by atoms with E-state index in [0.29, 0.717) is 5.39 Å². The number of hydrogen-bond donors (Lipinski definition) is 1. The minimum absolute atomic E-state index is 0.0642. The van der Waals surface area contributed by atoms with Crippen LogP contribution in [-0.4, -0.2) is 9.77 Å². The van der Waals surface area contributed by atoms with Crippen molar-refractivity contribution in [1.29, 1.82) is 0 Å². The molecule has 3 aromatic rings. The third-order valence-electron chi connectivity index (χ3n) is 3.34. The normalized spacial score (nSPS) is 12.2. The van der Waals surface area contributed by atoms with Gasteiger partial charge in [0.15, 0.2) is 5.36 Å². The summed E-state index contributed by atoms with van der Waals surface area (Å²) in [6.07, 6.45) is 0. The van der Waals surface area contributed by atoms with Crippen LogP contribution in [0.3, 0.4) is 0 Å². The van der Waals surface area contributed by atoms with Crippen molar-refractivity contribution in [2.45, 2.75) is 0 Å². The SMILES string of the molecule is Cn1c(=O)/c(=N\O)c2ccccc2c2ccccc21. The van der Waals surface area contributed by atoms with E-state index in [2.05, 4.69) is 5.16 Å². The third-order valence-corrected chi connectivity index (χ3v) is 3.34. The van der Waals surface area contributed by atoms with Crippen LogP contribution in [0.2, 0.25) is 0 Å². The van der Waals surface area contributed by atoms with Gasteiger partial charge in [0, 0.05) is 17.8 Å². The summed E-state index contributed by atoms with van der Waals surface area (Å²) in [5.41, 5.74) is 0.485. The molecule has 0 amide bonds. The minimum Gasteiger partial charge on any atom is -0.410 e. The summed E-state index contributed by atoms with van der Waals surface area (Å²) >= 11 is 0. The van der Waals surface area contributed by atoms with Crippen molar-refractivity contribution in [3.05, 3.63) is 64.2 Å². The van der Waals surface area contributed by atoms with Gasteiger partial charge >= 0.3 is 0 Å². The van der Waals surface area contributed by atoms with E-state index in [1.165, 1.54) is 4.57 Å². The molecule has 4 heteroatoms. The highest BCUT2D eigenvalue weighted by atomic mass is 16.4. The average molecular weight is 252 g/mol. The average Bonchev–Trinajstić information content (AvgIpc) is 2.55. The predicted molar refractivity (Wildman–Crippen MR) is 74.0 cm³/mol. The summed E-state index contributed by atoms with van der Waals surface area (Å²) in [5, 5.41) is 14.9. The van der Waals surface area contributed by atoms with Gasteiger partial charge in [-0.1, -0.05) is 47.6 Å². The molecule has 1 N–H and O–H groups in total. The van der Waals surface area contributed by atoms with Gasteiger partial charge in [-0.15, -0.1) is 0 Å². The highest BCUT2D eigenvalue weighted by Gasteiger charge is 2.06. The van der Waals surface area contributed by atoms with E-state index in [0.717, 1.165) is 16.3 Å². The fourth-order valence-electron chi connectivity index (χ4n) is 2.40. The largest absolute Gasteiger partial charge is 0.410 e. The Morgan fingerprint density at radius 2 is 1.53 bits per heavy atom. The third kappa shape index (κ3) is 1.61. The molecule has 1 aromatic heterocycles. The first-order valence-electron chi connectivity index (χ1n) is 5.93. The first-order chi connectivity index (χ1) is 9.24. The highest BCUT2D eigenvalue weighted by molar-refractivity contribution is 6.04. The standard InChI is InChI=1S/C15H12N2O2/c1-17-13-9-5-4-7-11(13)10-6-2-3-8-12(10)14(16-19)15(17)18/h2-9,19H,1H3/b16-14-. The van der Waals surface area contributed by atoms with Crippen molar-refractivity contribution in [2.75, 3.05) is 0 Å². The van der Waals surface area contributed by atoms with Gasteiger partial charge < -0.3 is 9.77 Å². The molecule has 0 aliphatic rings. The minimum atomic E-state index is -0.320. The van der Waals surface area contributed by atoms with E-state index in [9.17, 15) is 10.0 Å². The van der Waals surface area contributed by atoms with Crippen molar-refractivity contribution in [3.63, 3.8) is 0 Å². The Morgan fingerprint density at radius 3 is 2.21 bits per heavy atom. The van der Waals surface area contributed by atoms with Crippen LogP contribution in [0, 0.1) is 0 Å². The Morgan fingerprint density at radius 1 is 0.947 bits per heavy atom. The molecule has 0 aliphatic heterocycles. The van der Waals surface area contributed by atoms with Crippen molar-refractivity contribution in [3.8, 4) is 0 Å². The lowest BCUT2D eigenvalue weighted by Gasteiger charge is -1.99. The van der Waals surface area contributed by atoms with Crippen molar-refractivity contribution >= 4 is 21.7 Å². The second-order valence-corrected chi connectivity index (χ2v) is 4.38. The van der Waals surface area contributed by atoms with Crippen molar-refractivity contribution in [2.24, 2.45) is 12.2 Å². The molecular formula is C15H12N2O2. The fourth-order valence-corrected chi connectivity index (χ4v) is 2.40. The molecule has 0 atom stereocenters. The van der Waals surface area contributed by atoms with Gasteiger partial charge in [-0.2, -0.15) is 0 Å². The zero-order valence-electron chi connectivity index (χ0n) is 10.4. The first-order valence-corrected chi connectivity index (χ1v) is 5.93. The first kappa shape index (κ1) is 11.5. The van der Waals surface area contributed by atoms with Crippen LogP contribution >= 0.6 is 0 Å². The number of para-hydroxylation sites is 1. The van der Waals surface area contributed by atoms with E-state index in [4.69, 9.17) is 0 Å². The number of benzene rings is 2. The molecule has 94 valence electrons. The Balaban J connectivity index is 2.87. The van der Waals surface area contributed by atoms with E-state index < -0.39 is 0 Å². The zero-order chi connectivity index (χ0) is 13.4. The summed E-state index contributed by atoms with van der Waals surface area (Å²) < 4.78 is 1.50. The molecule has 3 rings (SSSR count). The summed E-state index contributed by atoms with van der Waals surface area (Å²) in [7, 11) is 1.68. The molecule has 0 unspecified atom stereocenters. The van der Waals surface area contributed by atoms with Gasteiger partial charge in [0.2, 0.25) is 0 Å². The maximum Gasteiger partial charge on any atom is 0.280 e. The van der Waals surface area contributed by atoms with Crippen LogP contribution in [0.25, 0.3) is 21.7 Å². The Labute approximate surface area is 108 Å². The molecule has 2 aromatic carbocycles. The Kier molecular flexibility index (Phi) is 2.56. The molecule has 0 bridgehead atoms. The molecule has 0 aliphatic carbocycles. The summed E-state index contributed by atoms with van der Waals surface area (Å²) in [4.78, 5) is 12.3. The maximum absolute atomic E-state index is 12.3. The lowest BCUT2D eigenvalue weighted by Crippen LogP contribution is -2.31. The number of nitrogens with zero attached hydrogens (tertiary/aromatic N) is 2. The van der Waals surface area contributed by atoms with Crippen LogP contribution in [0.1, 0.15) is 0 Å². The van der Waals surface area contributed by atoms with E-state index in [1.807, 2.05) is 42.5 Å². The highest BCUT2D eigenvalue weighted by Crippen LogP contribution is 2.19. The molecule has 1 heterocycles. The number of fused-ring (bicyclic) bond motifs is 3. The molecule has 0 fully saturated rings. The lowest BCUT2D eigenvalue weighted by atomic mass is 10.1. The van der Waals surface area contributed by atoms with Gasteiger partial charge in [-0.3, -0.25) is 4.79 Å². The quantitative estimate of drug-likeness (QED) is 0.491. The molecule has 0 spiro atoms. The topological polar surface area (TPSA) is 54.6 Å². The number of hydrogen-bond acceptors (Lipinski definition) is 3. The molecule has 0 radical (unpaired) electrons. The van der Waals surface area contributed by atoms with Gasteiger partial charge in [0.25, 0.3) is 5.56 Å². The molecule has 0 saturated heterocycles. The molecule has 4 nitrogen and oxygen atoms in total. The van der Waals surface area contributed by atoms with Crippen LogP contribution in [-0.2, 0) is 7.05 Å². The van der Waals surface area contributed by atoms with Crippen LogP contribution in [0.15, 0.2) is 58.5 Å². The van der Waals surface area contributed by atoms with Gasteiger partial charge in [0.1, 0.15) is 0 Å². The fraction of sp³-hybridized carbons (Fsp3) is 0.0667. The molecule has 0 saturated carbocycles. The van der Waals surface area contributed by atoms with Gasteiger partial charge in [-0.25, -0.2) is 0 Å². The number of aryl methyl sites for hydroxylation is 1. The van der Waals surface area contributed by atoms with E-state index in [-0.39, 0.29) is 10.9 Å². The van der Waals surface area contributed by atoms with E-state index >= 15 is 0 Å². The summed E-state index contributed by atoms with van der Waals surface area (Å²) in [6, 6.07) is 15.1. The second-order valence-electron chi connectivity index (χ2n) is 4.38. The van der Waals surface area contributed by atoms with E-state index in [1.54, 1.807) is 13.1 Å². The monoisotopic (exact) mass is 252 g/mol. The van der Waals surface area contributed by atoms with Gasteiger partial charge in [-0.05, 0) is 11.5 Å². The lowest BCUT2D eigenvalue weighted by molar-refractivity contribution is 0.301. The van der Waals surface area contributed by atoms with Crippen LogP contribution < -0.4 is 10.9 Å². The Hall–Kier alpha value is -2.62. The van der Waals surface area contributed by atoms with Gasteiger partial charge in [0.05, 0.1) is 5.52 Å². The van der Waals surface area contributed by atoms with Crippen LogP contribution in [0.5, 0.6) is 0 Å². The Bertz CT molecular complexity index is 911. The summed E-state index contributed by atoms with van der Waals surface area (Å²) in [6.45, 7) is 0. The van der Waals surface area contributed by atoms with Crippen molar-refractivity contribution < 1.29 is 5.21 Å². The molecular weight excluding hydrogens is 240 g/mol. The molecule has 19 heavy (non-hydrogen) atoms. The van der Waals surface area contributed by atoms with Crippen LogP contribution in [0.4, 0.5) is 0 Å². The smallest absolute Gasteiger partial charge is 0.280 e. The summed E-state index contributed by atoms with van der Waals surface area (Å²) in [5.74, 6) is 0. The number of rotatable bonds is 0. The second kappa shape index (κ2) is 4.24. The maximum atomic E-state index is 12.3. The zero-order valence-corrected chi connectivity index (χ0v) is 10.4. The van der Waals surface area contributed by atoms with Crippen molar-refractivity contribution in [1.82, 2.24) is 4.57 Å². The predicted octanol–water partition coefficient (Wildman–Crippen LogP) is 1.98.